The van der Waals surface area contributed by atoms with Gasteiger partial charge >= 0.3 is 0 Å². The summed E-state index contributed by atoms with van der Waals surface area (Å²) in [6.45, 7) is 6.43. The van der Waals surface area contributed by atoms with Gasteiger partial charge in [-0.1, -0.05) is 24.3 Å². The van der Waals surface area contributed by atoms with Crippen molar-refractivity contribution in [1.82, 2.24) is 10.2 Å². The quantitative estimate of drug-likeness (QED) is 0.864. The molecule has 1 fully saturated rings. The van der Waals surface area contributed by atoms with Gasteiger partial charge < -0.3 is 15.0 Å². The minimum atomic E-state index is 0.583. The van der Waals surface area contributed by atoms with Gasteiger partial charge in [-0.05, 0) is 56.9 Å². The van der Waals surface area contributed by atoms with Crippen molar-refractivity contribution in [3.63, 3.8) is 0 Å². The molecule has 1 aromatic carbocycles. The lowest BCUT2D eigenvalue weighted by molar-refractivity contribution is 0.182. The van der Waals surface area contributed by atoms with Crippen LogP contribution in [0, 0.1) is 5.92 Å². The fraction of sp³-hybridized carbons (Fsp3) is 0.647. The summed E-state index contributed by atoms with van der Waals surface area (Å²) >= 11 is 0. The maximum Gasteiger partial charge on any atom is 0.0716 e. The summed E-state index contributed by atoms with van der Waals surface area (Å²) in [4.78, 5) is 2.43. The second kappa shape index (κ2) is 7.77. The van der Waals surface area contributed by atoms with Gasteiger partial charge in [0, 0.05) is 19.7 Å². The molecule has 3 heteroatoms. The fourth-order valence-electron chi connectivity index (χ4n) is 2.99. The van der Waals surface area contributed by atoms with Crippen LogP contribution in [0.25, 0.3) is 0 Å². The maximum atomic E-state index is 5.27. The van der Waals surface area contributed by atoms with E-state index in [1.54, 1.807) is 7.11 Å². The number of methoxy groups -OCH3 is 1. The predicted octanol–water partition coefficient (Wildman–Crippen LogP) is 2.65. The highest BCUT2D eigenvalue weighted by Gasteiger charge is 2.21. The molecule has 0 radical (unpaired) electrons. The number of rotatable bonds is 6. The molecular weight excluding hydrogens is 248 g/mol. The molecule has 20 heavy (non-hydrogen) atoms. The van der Waals surface area contributed by atoms with Crippen molar-refractivity contribution in [2.45, 2.75) is 39.0 Å². The van der Waals surface area contributed by atoms with E-state index in [0.717, 1.165) is 12.5 Å². The van der Waals surface area contributed by atoms with E-state index in [1.807, 2.05) is 0 Å². The lowest BCUT2D eigenvalue weighted by atomic mass is 9.90. The molecule has 1 N–H and O–H groups in total. The number of nitrogens with one attached hydrogen (secondary N) is 1. The topological polar surface area (TPSA) is 24.5 Å². The van der Waals surface area contributed by atoms with E-state index in [2.05, 4.69) is 48.5 Å². The lowest BCUT2D eigenvalue weighted by Crippen LogP contribution is -2.40. The van der Waals surface area contributed by atoms with Crippen molar-refractivity contribution in [2.75, 3.05) is 27.2 Å². The molecule has 0 aromatic heterocycles. The molecule has 0 saturated carbocycles. The van der Waals surface area contributed by atoms with Gasteiger partial charge in [-0.3, -0.25) is 0 Å². The first-order valence-corrected chi connectivity index (χ1v) is 7.68. The van der Waals surface area contributed by atoms with Crippen LogP contribution in [-0.2, 0) is 17.9 Å². The van der Waals surface area contributed by atoms with Crippen LogP contribution in [-0.4, -0.2) is 38.2 Å². The van der Waals surface area contributed by atoms with E-state index in [0.29, 0.717) is 12.6 Å². The molecule has 3 nitrogen and oxygen atoms in total. The van der Waals surface area contributed by atoms with Crippen LogP contribution in [0.15, 0.2) is 24.3 Å². The van der Waals surface area contributed by atoms with Crippen LogP contribution in [0.1, 0.15) is 30.9 Å². The Balaban J connectivity index is 1.85. The van der Waals surface area contributed by atoms with Gasteiger partial charge in [-0.15, -0.1) is 0 Å². The summed E-state index contributed by atoms with van der Waals surface area (Å²) in [5.41, 5.74) is 2.65. The number of hydrogen-bond acceptors (Lipinski definition) is 3. The average molecular weight is 276 g/mol. The molecule has 0 aliphatic carbocycles. The van der Waals surface area contributed by atoms with Crippen LogP contribution in [0.3, 0.4) is 0 Å². The summed E-state index contributed by atoms with van der Waals surface area (Å²) in [5.74, 6) is 0.806. The SMILES string of the molecule is COCc1ccccc1CNC(C)C1CCN(C)CC1. The molecule has 1 atom stereocenters. The van der Waals surface area contributed by atoms with Crippen molar-refractivity contribution < 1.29 is 4.74 Å². The van der Waals surface area contributed by atoms with E-state index in [-0.39, 0.29) is 0 Å². The normalized spacial score (nSPS) is 19.1. The monoisotopic (exact) mass is 276 g/mol. The van der Waals surface area contributed by atoms with Crippen LogP contribution >= 0.6 is 0 Å². The van der Waals surface area contributed by atoms with Crippen molar-refractivity contribution in [2.24, 2.45) is 5.92 Å². The van der Waals surface area contributed by atoms with E-state index in [1.165, 1.54) is 37.1 Å². The van der Waals surface area contributed by atoms with Crippen LogP contribution < -0.4 is 5.32 Å². The molecule has 1 aromatic rings. The highest BCUT2D eigenvalue weighted by molar-refractivity contribution is 5.26. The van der Waals surface area contributed by atoms with Gasteiger partial charge in [0.25, 0.3) is 0 Å². The Morgan fingerprint density at radius 1 is 1.25 bits per heavy atom. The zero-order valence-corrected chi connectivity index (χ0v) is 13.1. The highest BCUT2D eigenvalue weighted by Crippen LogP contribution is 2.20. The molecule has 112 valence electrons. The summed E-state index contributed by atoms with van der Waals surface area (Å²) < 4.78 is 5.27. The van der Waals surface area contributed by atoms with Crippen LogP contribution in [0.2, 0.25) is 0 Å². The summed E-state index contributed by atoms with van der Waals surface area (Å²) in [5, 5.41) is 3.71. The van der Waals surface area contributed by atoms with Crippen molar-refractivity contribution in [1.29, 1.82) is 0 Å². The first-order valence-electron chi connectivity index (χ1n) is 7.68. The molecule has 1 aliphatic heterocycles. The third-order valence-corrected chi connectivity index (χ3v) is 4.50. The Morgan fingerprint density at radius 3 is 2.55 bits per heavy atom. The van der Waals surface area contributed by atoms with Gasteiger partial charge in [-0.25, -0.2) is 0 Å². The molecule has 1 saturated heterocycles. The minimum absolute atomic E-state index is 0.583. The van der Waals surface area contributed by atoms with Gasteiger partial charge in [0.2, 0.25) is 0 Å². The minimum Gasteiger partial charge on any atom is -0.380 e. The molecule has 2 rings (SSSR count). The molecule has 1 aliphatic rings. The fourth-order valence-corrected chi connectivity index (χ4v) is 2.99. The summed E-state index contributed by atoms with van der Waals surface area (Å²) in [6.07, 6.45) is 2.62. The summed E-state index contributed by atoms with van der Waals surface area (Å²) in [6, 6.07) is 9.12. The highest BCUT2D eigenvalue weighted by atomic mass is 16.5. The van der Waals surface area contributed by atoms with Gasteiger partial charge in [0.15, 0.2) is 0 Å². The standard InChI is InChI=1S/C17H28N2O/c1-14(15-8-10-19(2)11-9-15)18-12-16-6-4-5-7-17(16)13-20-3/h4-7,14-15,18H,8-13H2,1-3H3. The van der Waals surface area contributed by atoms with Gasteiger partial charge in [0.1, 0.15) is 0 Å². The van der Waals surface area contributed by atoms with Crippen molar-refractivity contribution in [3.05, 3.63) is 35.4 Å². The Kier molecular flexibility index (Phi) is 6.02. The largest absolute Gasteiger partial charge is 0.380 e. The molecule has 0 bridgehead atoms. The molecule has 1 unspecified atom stereocenters. The van der Waals surface area contributed by atoms with Gasteiger partial charge in [0.05, 0.1) is 6.61 Å². The second-order valence-electron chi connectivity index (χ2n) is 6.01. The second-order valence-corrected chi connectivity index (χ2v) is 6.01. The molecule has 0 amide bonds. The third kappa shape index (κ3) is 4.30. The van der Waals surface area contributed by atoms with Crippen LogP contribution in [0.5, 0.6) is 0 Å². The Morgan fingerprint density at radius 2 is 1.90 bits per heavy atom. The average Bonchev–Trinajstić information content (AvgIpc) is 2.47. The van der Waals surface area contributed by atoms with E-state index in [9.17, 15) is 0 Å². The zero-order chi connectivity index (χ0) is 14.4. The number of likely N-dealkylation sites (tertiary alicyclic amines) is 1. The van der Waals surface area contributed by atoms with Crippen LogP contribution in [0.4, 0.5) is 0 Å². The van der Waals surface area contributed by atoms with E-state index < -0.39 is 0 Å². The van der Waals surface area contributed by atoms with Crippen molar-refractivity contribution in [3.8, 4) is 0 Å². The van der Waals surface area contributed by atoms with Crippen molar-refractivity contribution >= 4 is 0 Å². The Bertz CT molecular complexity index is 400. The zero-order valence-electron chi connectivity index (χ0n) is 13.1. The summed E-state index contributed by atoms with van der Waals surface area (Å²) in [7, 11) is 3.97. The Hall–Kier alpha value is -0.900. The Labute approximate surface area is 123 Å². The maximum absolute atomic E-state index is 5.27. The first kappa shape index (κ1) is 15.5. The number of nitrogens with zero attached hydrogens (tertiary/aromatic N) is 1. The predicted molar refractivity (Wildman–Crippen MR) is 83.7 cm³/mol. The first-order chi connectivity index (χ1) is 9.70. The van der Waals surface area contributed by atoms with E-state index >= 15 is 0 Å². The number of ether oxygens (including phenoxy) is 1. The lowest BCUT2D eigenvalue weighted by Gasteiger charge is -2.33. The molecular formula is C17H28N2O. The number of piperidine rings is 1. The number of benzene rings is 1. The molecule has 0 spiro atoms. The number of hydrogen-bond donors (Lipinski definition) is 1. The smallest absolute Gasteiger partial charge is 0.0716 e. The molecule has 1 heterocycles. The van der Waals surface area contributed by atoms with Gasteiger partial charge in [-0.2, -0.15) is 0 Å². The third-order valence-electron chi connectivity index (χ3n) is 4.50. The van der Waals surface area contributed by atoms with E-state index in [4.69, 9.17) is 4.74 Å².